The Balaban J connectivity index is 2.03. The molecule has 0 saturated heterocycles. The van der Waals surface area contributed by atoms with E-state index in [-0.39, 0.29) is 5.82 Å². The van der Waals surface area contributed by atoms with Gasteiger partial charge >= 0.3 is 0 Å². The summed E-state index contributed by atoms with van der Waals surface area (Å²) in [5.41, 5.74) is 3.04. The second kappa shape index (κ2) is 5.85. The normalized spacial score (nSPS) is 10.8. The largest absolute Gasteiger partial charge is 0.316 e. The number of hydrogen-bond donors (Lipinski definition) is 1. The molecule has 0 aliphatic heterocycles. The highest BCUT2D eigenvalue weighted by Gasteiger charge is 2.11. The Morgan fingerprint density at radius 2 is 1.95 bits per heavy atom. The maximum atomic E-state index is 14.1. The summed E-state index contributed by atoms with van der Waals surface area (Å²) in [6.45, 7) is 0.502. The maximum Gasteiger partial charge on any atom is 0.128 e. The molecule has 1 heterocycles. The lowest BCUT2D eigenvalue weighted by Crippen LogP contribution is -2.07. The summed E-state index contributed by atoms with van der Waals surface area (Å²) in [7, 11) is 1.79. The van der Waals surface area contributed by atoms with Crippen molar-refractivity contribution in [2.45, 2.75) is 6.54 Å². The van der Waals surface area contributed by atoms with Crippen LogP contribution in [-0.2, 0) is 6.54 Å². The molecule has 5 heteroatoms. The molecule has 0 bridgehead atoms. The summed E-state index contributed by atoms with van der Waals surface area (Å²) in [5.74, 6) is -0.234. The van der Waals surface area contributed by atoms with Crippen molar-refractivity contribution in [3.05, 3.63) is 66.1 Å². The minimum atomic E-state index is -0.234. The van der Waals surface area contributed by atoms with Gasteiger partial charge in [0.05, 0.1) is 17.6 Å². The number of nitrogens with one attached hydrogen (secondary N) is 1. The average Bonchev–Trinajstić information content (AvgIpc) is 3.00. The molecule has 3 rings (SSSR count). The highest BCUT2D eigenvalue weighted by atomic mass is 19.1. The van der Waals surface area contributed by atoms with E-state index in [1.807, 2.05) is 36.4 Å². The molecule has 3 aromatic rings. The van der Waals surface area contributed by atoms with Gasteiger partial charge < -0.3 is 5.32 Å². The Kier molecular flexibility index (Phi) is 3.75. The molecule has 0 fully saturated rings. The van der Waals surface area contributed by atoms with Crippen LogP contribution in [0.5, 0.6) is 0 Å². The summed E-state index contributed by atoms with van der Waals surface area (Å²) in [6, 6.07) is 14.8. The first-order valence-electron chi connectivity index (χ1n) is 6.69. The van der Waals surface area contributed by atoms with E-state index >= 15 is 0 Å². The molecule has 21 heavy (non-hydrogen) atoms. The van der Waals surface area contributed by atoms with Crippen molar-refractivity contribution < 1.29 is 4.39 Å². The van der Waals surface area contributed by atoms with E-state index in [0.717, 1.165) is 16.9 Å². The number of hydrogen-bond acceptors (Lipinski definition) is 3. The molecule has 106 valence electrons. The van der Waals surface area contributed by atoms with Crippen molar-refractivity contribution in [2.75, 3.05) is 7.05 Å². The van der Waals surface area contributed by atoms with E-state index in [0.29, 0.717) is 12.1 Å². The third kappa shape index (κ3) is 2.68. The molecule has 0 spiro atoms. The number of aromatic nitrogens is 3. The lowest BCUT2D eigenvalue weighted by Gasteiger charge is -2.08. The molecule has 0 unspecified atom stereocenters. The van der Waals surface area contributed by atoms with Gasteiger partial charge in [0.15, 0.2) is 0 Å². The van der Waals surface area contributed by atoms with Crippen LogP contribution < -0.4 is 5.32 Å². The Bertz CT molecular complexity index is 737. The molecule has 0 saturated carbocycles. The number of para-hydroxylation sites is 1. The summed E-state index contributed by atoms with van der Waals surface area (Å²) in [6.07, 6.45) is 1.64. The number of benzene rings is 2. The molecule has 0 atom stereocenters. The van der Waals surface area contributed by atoms with Gasteiger partial charge in [-0.2, -0.15) is 0 Å². The summed E-state index contributed by atoms with van der Waals surface area (Å²) < 4.78 is 15.8. The van der Waals surface area contributed by atoms with Crippen molar-refractivity contribution in [3.8, 4) is 16.9 Å². The van der Waals surface area contributed by atoms with E-state index in [2.05, 4.69) is 15.6 Å². The van der Waals surface area contributed by atoms with Gasteiger partial charge in [-0.05, 0) is 25.2 Å². The van der Waals surface area contributed by atoms with E-state index in [1.54, 1.807) is 24.0 Å². The van der Waals surface area contributed by atoms with Gasteiger partial charge in [-0.25, -0.2) is 9.07 Å². The quantitative estimate of drug-likeness (QED) is 0.800. The Hall–Kier alpha value is -2.53. The Morgan fingerprint density at radius 1 is 1.14 bits per heavy atom. The van der Waals surface area contributed by atoms with Crippen LogP contribution in [0.1, 0.15) is 5.56 Å². The van der Waals surface area contributed by atoms with Gasteiger partial charge in [-0.15, -0.1) is 5.10 Å². The van der Waals surface area contributed by atoms with Gasteiger partial charge in [0.25, 0.3) is 0 Å². The molecular formula is C16H15FN4. The fraction of sp³-hybridized carbons (Fsp3) is 0.125. The van der Waals surface area contributed by atoms with Crippen LogP contribution in [-0.4, -0.2) is 22.0 Å². The first kappa shape index (κ1) is 13.5. The van der Waals surface area contributed by atoms with E-state index in [4.69, 9.17) is 0 Å². The molecule has 1 aromatic heterocycles. The van der Waals surface area contributed by atoms with Crippen molar-refractivity contribution >= 4 is 0 Å². The molecule has 0 aliphatic carbocycles. The fourth-order valence-electron chi connectivity index (χ4n) is 2.23. The number of rotatable bonds is 4. The van der Waals surface area contributed by atoms with Crippen molar-refractivity contribution in [2.24, 2.45) is 0 Å². The zero-order valence-corrected chi connectivity index (χ0v) is 11.6. The summed E-state index contributed by atoms with van der Waals surface area (Å²) in [4.78, 5) is 0. The second-order valence-corrected chi connectivity index (χ2v) is 4.70. The van der Waals surface area contributed by atoms with Crippen LogP contribution in [0.3, 0.4) is 0 Å². The van der Waals surface area contributed by atoms with Gasteiger partial charge in [0, 0.05) is 17.7 Å². The molecule has 0 radical (unpaired) electrons. The monoisotopic (exact) mass is 282 g/mol. The zero-order chi connectivity index (χ0) is 14.7. The first-order valence-corrected chi connectivity index (χ1v) is 6.69. The van der Waals surface area contributed by atoms with Crippen LogP contribution in [0.15, 0.2) is 54.7 Å². The maximum absolute atomic E-state index is 14.1. The van der Waals surface area contributed by atoms with Crippen molar-refractivity contribution in [3.63, 3.8) is 0 Å². The molecule has 0 amide bonds. The van der Waals surface area contributed by atoms with Crippen LogP contribution in [0.25, 0.3) is 16.9 Å². The smallest absolute Gasteiger partial charge is 0.128 e. The third-order valence-electron chi connectivity index (χ3n) is 3.27. The lowest BCUT2D eigenvalue weighted by atomic mass is 10.1. The number of halogens is 1. The van der Waals surface area contributed by atoms with Crippen LogP contribution in [0, 0.1) is 5.82 Å². The van der Waals surface area contributed by atoms with E-state index < -0.39 is 0 Å². The lowest BCUT2D eigenvalue weighted by molar-refractivity contribution is 0.601. The standard InChI is InChI=1S/C16H15FN4/c1-18-10-13-8-7-12(9-15(13)17)16-11-19-20-21(16)14-5-3-2-4-6-14/h2-9,11,18H,10H2,1H3. The van der Waals surface area contributed by atoms with Crippen LogP contribution in [0.4, 0.5) is 4.39 Å². The summed E-state index contributed by atoms with van der Waals surface area (Å²) in [5, 5.41) is 11.0. The van der Waals surface area contributed by atoms with Gasteiger partial charge in [0.2, 0.25) is 0 Å². The van der Waals surface area contributed by atoms with Crippen LogP contribution >= 0.6 is 0 Å². The van der Waals surface area contributed by atoms with Gasteiger partial charge in [-0.1, -0.05) is 35.5 Å². The fourth-order valence-corrected chi connectivity index (χ4v) is 2.23. The topological polar surface area (TPSA) is 42.7 Å². The SMILES string of the molecule is CNCc1ccc(-c2cnnn2-c2ccccc2)cc1F. The average molecular weight is 282 g/mol. The van der Waals surface area contributed by atoms with E-state index in [9.17, 15) is 4.39 Å². The molecule has 2 aromatic carbocycles. The molecule has 0 aliphatic rings. The van der Waals surface area contributed by atoms with Crippen molar-refractivity contribution in [1.29, 1.82) is 0 Å². The molecule has 4 nitrogen and oxygen atoms in total. The van der Waals surface area contributed by atoms with Gasteiger partial charge in [0.1, 0.15) is 5.82 Å². The minimum absolute atomic E-state index is 0.234. The molecule has 1 N–H and O–H groups in total. The Morgan fingerprint density at radius 3 is 2.67 bits per heavy atom. The second-order valence-electron chi connectivity index (χ2n) is 4.70. The number of nitrogens with zero attached hydrogens (tertiary/aromatic N) is 3. The predicted molar refractivity (Wildman–Crippen MR) is 79.5 cm³/mol. The highest BCUT2D eigenvalue weighted by molar-refractivity contribution is 5.61. The molecular weight excluding hydrogens is 267 g/mol. The highest BCUT2D eigenvalue weighted by Crippen LogP contribution is 2.23. The van der Waals surface area contributed by atoms with E-state index in [1.165, 1.54) is 6.07 Å². The summed E-state index contributed by atoms with van der Waals surface area (Å²) >= 11 is 0. The van der Waals surface area contributed by atoms with Crippen molar-refractivity contribution in [1.82, 2.24) is 20.3 Å². The van der Waals surface area contributed by atoms with Crippen LogP contribution in [0.2, 0.25) is 0 Å². The minimum Gasteiger partial charge on any atom is -0.316 e. The first-order chi connectivity index (χ1) is 10.3. The predicted octanol–water partition coefficient (Wildman–Crippen LogP) is 2.79. The van der Waals surface area contributed by atoms with Gasteiger partial charge in [-0.3, -0.25) is 0 Å². The zero-order valence-electron chi connectivity index (χ0n) is 11.6. The third-order valence-corrected chi connectivity index (χ3v) is 3.27. The Labute approximate surface area is 122 Å².